The molecule has 0 aliphatic carbocycles. The van der Waals surface area contributed by atoms with Gasteiger partial charge in [-0.25, -0.2) is 0 Å². The maximum atomic E-state index is 10.1. The van der Waals surface area contributed by atoms with E-state index in [1.807, 2.05) is 19.1 Å². The van der Waals surface area contributed by atoms with Crippen LogP contribution >= 0.6 is 15.9 Å². The molecule has 0 aliphatic heterocycles. The van der Waals surface area contributed by atoms with Gasteiger partial charge in [0.2, 0.25) is 0 Å². The molecule has 16 heavy (non-hydrogen) atoms. The lowest BCUT2D eigenvalue weighted by molar-refractivity contribution is 0.124. The van der Waals surface area contributed by atoms with E-state index in [4.69, 9.17) is 4.42 Å². The van der Waals surface area contributed by atoms with Gasteiger partial charge in [-0.3, -0.25) is 4.98 Å². The molecule has 0 spiro atoms. The molecule has 0 aliphatic rings. The molecule has 2 aromatic heterocycles. The molecule has 0 amide bonds. The third kappa shape index (κ3) is 2.33. The number of aliphatic hydroxyl groups is 1. The summed E-state index contributed by atoms with van der Waals surface area (Å²) in [5.41, 5.74) is 1.04. The van der Waals surface area contributed by atoms with Crippen LogP contribution in [0.5, 0.6) is 0 Å². The third-order valence-electron chi connectivity index (χ3n) is 2.59. The van der Waals surface area contributed by atoms with Gasteiger partial charge < -0.3 is 9.52 Å². The molecule has 0 fully saturated rings. The summed E-state index contributed by atoms with van der Waals surface area (Å²) in [5, 5.41) is 10.1. The summed E-state index contributed by atoms with van der Waals surface area (Å²) in [6, 6.07) is 7.34. The molecule has 2 unspecified atom stereocenters. The maximum Gasteiger partial charge on any atom is 0.169 e. The summed E-state index contributed by atoms with van der Waals surface area (Å²) < 4.78 is 5.97. The standard InChI is InChI=1S/C12H12BrNO2/c1-8(9-4-6-14-7-5-9)12(15)10-2-3-11(13)16-10/h2-8,12,15H,1H3. The van der Waals surface area contributed by atoms with Crippen molar-refractivity contribution in [2.45, 2.75) is 18.9 Å². The first-order chi connectivity index (χ1) is 7.68. The number of hydrogen-bond acceptors (Lipinski definition) is 3. The Labute approximate surface area is 102 Å². The molecule has 2 heterocycles. The SMILES string of the molecule is CC(c1ccncc1)C(O)c1ccc(Br)o1. The zero-order valence-corrected chi connectivity index (χ0v) is 10.4. The number of hydrogen-bond donors (Lipinski definition) is 1. The molecule has 0 bridgehead atoms. The van der Waals surface area contributed by atoms with E-state index in [-0.39, 0.29) is 5.92 Å². The number of halogens is 1. The lowest BCUT2D eigenvalue weighted by atomic mass is 9.95. The van der Waals surface area contributed by atoms with E-state index in [0.717, 1.165) is 5.56 Å². The van der Waals surface area contributed by atoms with Gasteiger partial charge in [0.25, 0.3) is 0 Å². The second-order valence-corrected chi connectivity index (χ2v) is 4.44. The van der Waals surface area contributed by atoms with Gasteiger partial charge >= 0.3 is 0 Å². The Morgan fingerprint density at radius 3 is 2.50 bits per heavy atom. The minimum atomic E-state index is -0.645. The van der Waals surface area contributed by atoms with Crippen molar-refractivity contribution in [2.75, 3.05) is 0 Å². The highest BCUT2D eigenvalue weighted by atomic mass is 79.9. The fraction of sp³-hybridized carbons (Fsp3) is 0.250. The second kappa shape index (κ2) is 4.80. The summed E-state index contributed by atoms with van der Waals surface area (Å²) in [6.45, 7) is 1.95. The molecule has 2 rings (SSSR count). The van der Waals surface area contributed by atoms with Crippen molar-refractivity contribution in [1.82, 2.24) is 4.98 Å². The summed E-state index contributed by atoms with van der Waals surface area (Å²) in [4.78, 5) is 3.95. The van der Waals surface area contributed by atoms with Crippen LogP contribution in [0.3, 0.4) is 0 Å². The predicted molar refractivity (Wildman–Crippen MR) is 64.0 cm³/mol. The molecule has 3 nitrogen and oxygen atoms in total. The van der Waals surface area contributed by atoms with Crippen LogP contribution in [-0.2, 0) is 0 Å². The molecule has 4 heteroatoms. The van der Waals surface area contributed by atoms with Gasteiger partial charge in [-0.15, -0.1) is 0 Å². The molecule has 2 aromatic rings. The average molecular weight is 282 g/mol. The molecule has 0 aromatic carbocycles. The first-order valence-electron chi connectivity index (χ1n) is 5.01. The third-order valence-corrected chi connectivity index (χ3v) is 3.02. The molecule has 0 radical (unpaired) electrons. The molecule has 0 saturated carbocycles. The van der Waals surface area contributed by atoms with Gasteiger partial charge in [0.05, 0.1) is 0 Å². The average Bonchev–Trinajstić information content (AvgIpc) is 2.75. The number of furan rings is 1. The lowest BCUT2D eigenvalue weighted by Crippen LogP contribution is -2.06. The van der Waals surface area contributed by atoms with E-state index in [9.17, 15) is 5.11 Å². The Morgan fingerprint density at radius 2 is 1.94 bits per heavy atom. The van der Waals surface area contributed by atoms with E-state index in [0.29, 0.717) is 10.4 Å². The van der Waals surface area contributed by atoms with Crippen molar-refractivity contribution in [1.29, 1.82) is 0 Å². The van der Waals surface area contributed by atoms with Crippen LogP contribution in [0.15, 0.2) is 45.7 Å². The summed E-state index contributed by atoms with van der Waals surface area (Å²) in [5.74, 6) is 0.539. The Kier molecular flexibility index (Phi) is 3.41. The van der Waals surface area contributed by atoms with Gasteiger partial charge in [-0.2, -0.15) is 0 Å². The van der Waals surface area contributed by atoms with Crippen molar-refractivity contribution >= 4 is 15.9 Å². The van der Waals surface area contributed by atoms with Crippen molar-refractivity contribution in [3.8, 4) is 0 Å². The Hall–Kier alpha value is -1.13. The van der Waals surface area contributed by atoms with Gasteiger partial charge in [-0.1, -0.05) is 6.92 Å². The highest BCUT2D eigenvalue weighted by Gasteiger charge is 2.20. The van der Waals surface area contributed by atoms with Crippen molar-refractivity contribution < 1.29 is 9.52 Å². The largest absolute Gasteiger partial charge is 0.452 e. The smallest absolute Gasteiger partial charge is 0.169 e. The van der Waals surface area contributed by atoms with E-state index in [2.05, 4.69) is 20.9 Å². The number of aromatic nitrogens is 1. The Bertz CT molecular complexity index is 455. The van der Waals surface area contributed by atoms with Crippen LogP contribution in [0.1, 0.15) is 30.3 Å². The van der Waals surface area contributed by atoms with Gasteiger partial charge in [-0.05, 0) is 45.8 Å². The van der Waals surface area contributed by atoms with Crippen molar-refractivity contribution in [3.63, 3.8) is 0 Å². The quantitative estimate of drug-likeness (QED) is 0.939. The van der Waals surface area contributed by atoms with Crippen LogP contribution in [0.2, 0.25) is 0 Å². The van der Waals surface area contributed by atoms with Crippen LogP contribution in [0.4, 0.5) is 0 Å². The summed E-state index contributed by atoms with van der Waals surface area (Å²) in [7, 11) is 0. The fourth-order valence-corrected chi connectivity index (χ4v) is 1.90. The van der Waals surface area contributed by atoms with E-state index < -0.39 is 6.10 Å². The fourth-order valence-electron chi connectivity index (χ4n) is 1.58. The maximum absolute atomic E-state index is 10.1. The van der Waals surface area contributed by atoms with Crippen molar-refractivity contribution in [3.05, 3.63) is 52.7 Å². The van der Waals surface area contributed by atoms with E-state index in [1.54, 1.807) is 24.5 Å². The zero-order valence-electron chi connectivity index (χ0n) is 8.80. The first-order valence-corrected chi connectivity index (χ1v) is 5.81. The first kappa shape index (κ1) is 11.4. The molecular formula is C12H12BrNO2. The normalized spacial score (nSPS) is 14.7. The zero-order chi connectivity index (χ0) is 11.5. The van der Waals surface area contributed by atoms with E-state index >= 15 is 0 Å². The molecule has 2 atom stereocenters. The second-order valence-electron chi connectivity index (χ2n) is 3.66. The minimum absolute atomic E-state index is 0.0268. The summed E-state index contributed by atoms with van der Waals surface area (Å²) >= 11 is 3.22. The highest BCUT2D eigenvalue weighted by molar-refractivity contribution is 9.10. The Balaban J connectivity index is 2.19. The molecular weight excluding hydrogens is 270 g/mol. The van der Waals surface area contributed by atoms with Crippen LogP contribution in [0.25, 0.3) is 0 Å². The van der Waals surface area contributed by atoms with Crippen LogP contribution in [-0.4, -0.2) is 10.1 Å². The molecule has 84 valence electrons. The minimum Gasteiger partial charge on any atom is -0.452 e. The Morgan fingerprint density at radius 1 is 1.25 bits per heavy atom. The van der Waals surface area contributed by atoms with Crippen molar-refractivity contribution in [2.24, 2.45) is 0 Å². The highest BCUT2D eigenvalue weighted by Crippen LogP contribution is 2.31. The number of rotatable bonds is 3. The molecule has 1 N–H and O–H groups in total. The van der Waals surface area contributed by atoms with Crippen LogP contribution in [0, 0.1) is 0 Å². The monoisotopic (exact) mass is 281 g/mol. The van der Waals surface area contributed by atoms with Crippen LogP contribution < -0.4 is 0 Å². The predicted octanol–water partition coefficient (Wildman–Crippen LogP) is 3.27. The van der Waals surface area contributed by atoms with Gasteiger partial charge in [0, 0.05) is 18.3 Å². The molecule has 0 saturated heterocycles. The van der Waals surface area contributed by atoms with Gasteiger partial charge in [0.1, 0.15) is 11.9 Å². The number of nitrogens with zero attached hydrogens (tertiary/aromatic N) is 1. The number of pyridine rings is 1. The number of aliphatic hydroxyl groups excluding tert-OH is 1. The topological polar surface area (TPSA) is 46.3 Å². The lowest BCUT2D eigenvalue weighted by Gasteiger charge is -2.16. The van der Waals surface area contributed by atoms with Gasteiger partial charge in [0.15, 0.2) is 4.67 Å². The summed E-state index contributed by atoms with van der Waals surface area (Å²) in [6.07, 6.45) is 2.79. The van der Waals surface area contributed by atoms with E-state index in [1.165, 1.54) is 0 Å².